The summed E-state index contributed by atoms with van der Waals surface area (Å²) in [6.45, 7) is 7.41. The van der Waals surface area contributed by atoms with Crippen LogP contribution in [-0.2, 0) is 4.74 Å². The first-order valence-corrected chi connectivity index (χ1v) is 5.07. The number of rotatable bonds is 3. The molecule has 2 atom stereocenters. The summed E-state index contributed by atoms with van der Waals surface area (Å²) in [5, 5.41) is 8.76. The summed E-state index contributed by atoms with van der Waals surface area (Å²) < 4.78 is 5.43. The number of morpholine rings is 1. The predicted molar refractivity (Wildman–Crippen MR) is 54.7 cm³/mol. The Labute approximate surface area is 85.6 Å². The van der Waals surface area contributed by atoms with E-state index in [2.05, 4.69) is 17.9 Å². The number of nitrogens with zero attached hydrogens (tertiary/aromatic N) is 2. The lowest BCUT2D eigenvalue weighted by Crippen LogP contribution is -2.45. The van der Waals surface area contributed by atoms with E-state index in [-0.39, 0.29) is 0 Å². The highest BCUT2D eigenvalue weighted by molar-refractivity contribution is 5.01. The van der Waals surface area contributed by atoms with Crippen molar-refractivity contribution in [3.8, 4) is 6.07 Å². The normalized spacial score (nSPS) is 28.0. The molecule has 1 aliphatic heterocycles. The number of nitrogens with two attached hydrogens (primary N) is 1. The van der Waals surface area contributed by atoms with E-state index in [9.17, 15) is 0 Å². The molecule has 4 heteroatoms. The average molecular weight is 197 g/mol. The summed E-state index contributed by atoms with van der Waals surface area (Å²) in [6, 6.07) is 2.11. The van der Waals surface area contributed by atoms with Gasteiger partial charge in [0.15, 0.2) is 0 Å². The molecule has 1 rings (SSSR count). The zero-order valence-corrected chi connectivity index (χ0v) is 8.99. The zero-order chi connectivity index (χ0) is 10.6. The minimum atomic E-state index is -0.693. The summed E-state index contributed by atoms with van der Waals surface area (Å²) in [5.74, 6) is 0. The molecule has 1 fully saturated rings. The van der Waals surface area contributed by atoms with Crippen molar-refractivity contribution in [2.45, 2.75) is 31.9 Å². The second-order valence-electron chi connectivity index (χ2n) is 4.26. The lowest BCUT2D eigenvalue weighted by Gasteiger charge is -2.32. The second kappa shape index (κ2) is 4.74. The van der Waals surface area contributed by atoms with Crippen molar-refractivity contribution in [1.82, 2.24) is 4.90 Å². The maximum Gasteiger partial charge on any atom is 0.102 e. The van der Waals surface area contributed by atoms with Gasteiger partial charge >= 0.3 is 0 Å². The Morgan fingerprint density at radius 3 is 3.00 bits per heavy atom. The van der Waals surface area contributed by atoms with Crippen molar-refractivity contribution in [2.75, 3.05) is 26.2 Å². The molecule has 14 heavy (non-hydrogen) atoms. The summed E-state index contributed by atoms with van der Waals surface area (Å²) in [6.07, 6.45) is 1.02. The van der Waals surface area contributed by atoms with Gasteiger partial charge in [0.05, 0.1) is 18.8 Å². The van der Waals surface area contributed by atoms with Crippen LogP contribution in [0.3, 0.4) is 0 Å². The molecule has 80 valence electrons. The van der Waals surface area contributed by atoms with Gasteiger partial charge in [0.2, 0.25) is 0 Å². The van der Waals surface area contributed by atoms with E-state index in [1.165, 1.54) is 0 Å². The monoisotopic (exact) mass is 197 g/mol. The highest BCUT2D eigenvalue weighted by atomic mass is 16.5. The molecule has 0 amide bonds. The fourth-order valence-corrected chi connectivity index (χ4v) is 1.54. The van der Waals surface area contributed by atoms with Crippen LogP contribution in [0, 0.1) is 11.3 Å². The van der Waals surface area contributed by atoms with Crippen LogP contribution in [0.25, 0.3) is 0 Å². The molecule has 4 nitrogen and oxygen atoms in total. The standard InChI is InChI=1S/C10H19N3O/c1-9-7-13(5-6-14-9)4-3-10(2,12)8-11/h9H,3-7,12H2,1-2H3. The molecule has 0 radical (unpaired) electrons. The molecule has 0 spiro atoms. The summed E-state index contributed by atoms with van der Waals surface area (Å²) >= 11 is 0. The van der Waals surface area contributed by atoms with Crippen molar-refractivity contribution in [1.29, 1.82) is 5.26 Å². The minimum Gasteiger partial charge on any atom is -0.376 e. The van der Waals surface area contributed by atoms with Gasteiger partial charge < -0.3 is 10.5 Å². The molecule has 0 saturated carbocycles. The third kappa shape index (κ3) is 3.62. The molecule has 2 unspecified atom stereocenters. The van der Waals surface area contributed by atoms with Crippen LogP contribution in [0.15, 0.2) is 0 Å². The van der Waals surface area contributed by atoms with Crippen LogP contribution >= 0.6 is 0 Å². The van der Waals surface area contributed by atoms with Gasteiger partial charge in [-0.05, 0) is 20.3 Å². The molecule has 1 heterocycles. The van der Waals surface area contributed by atoms with Crippen LogP contribution in [-0.4, -0.2) is 42.8 Å². The Morgan fingerprint density at radius 1 is 1.71 bits per heavy atom. The van der Waals surface area contributed by atoms with Crippen molar-refractivity contribution >= 4 is 0 Å². The Bertz CT molecular complexity index is 222. The fraction of sp³-hybridized carbons (Fsp3) is 0.900. The highest BCUT2D eigenvalue weighted by Crippen LogP contribution is 2.09. The summed E-state index contributed by atoms with van der Waals surface area (Å²) in [4.78, 5) is 2.30. The van der Waals surface area contributed by atoms with Gasteiger partial charge in [0.1, 0.15) is 5.54 Å². The first-order valence-electron chi connectivity index (χ1n) is 5.07. The Balaban J connectivity index is 2.28. The molecule has 0 bridgehead atoms. The number of hydrogen-bond acceptors (Lipinski definition) is 4. The van der Waals surface area contributed by atoms with Gasteiger partial charge in [-0.1, -0.05) is 0 Å². The van der Waals surface area contributed by atoms with Crippen molar-refractivity contribution in [2.24, 2.45) is 5.73 Å². The molecule has 1 saturated heterocycles. The van der Waals surface area contributed by atoms with Gasteiger partial charge in [0.25, 0.3) is 0 Å². The van der Waals surface area contributed by atoms with Gasteiger partial charge in [-0.15, -0.1) is 0 Å². The number of ether oxygens (including phenoxy) is 1. The predicted octanol–water partition coefficient (Wildman–Crippen LogP) is 0.338. The van der Waals surface area contributed by atoms with Gasteiger partial charge in [-0.25, -0.2) is 0 Å². The van der Waals surface area contributed by atoms with Crippen LogP contribution < -0.4 is 5.73 Å². The summed E-state index contributed by atoms with van der Waals surface area (Å²) in [7, 11) is 0. The third-order valence-electron chi connectivity index (χ3n) is 2.53. The zero-order valence-electron chi connectivity index (χ0n) is 8.99. The van der Waals surface area contributed by atoms with Gasteiger partial charge in [0, 0.05) is 19.6 Å². The van der Waals surface area contributed by atoms with E-state index in [0.29, 0.717) is 6.10 Å². The summed E-state index contributed by atoms with van der Waals surface area (Å²) in [5.41, 5.74) is 5.06. The van der Waals surface area contributed by atoms with E-state index >= 15 is 0 Å². The number of nitriles is 1. The maximum atomic E-state index is 8.76. The molecule has 0 aromatic rings. The van der Waals surface area contributed by atoms with E-state index in [1.54, 1.807) is 6.92 Å². The largest absolute Gasteiger partial charge is 0.376 e. The lowest BCUT2D eigenvalue weighted by atomic mass is 10.0. The molecule has 0 aliphatic carbocycles. The van der Waals surface area contributed by atoms with E-state index in [1.807, 2.05) is 0 Å². The van der Waals surface area contributed by atoms with Gasteiger partial charge in [-0.2, -0.15) is 5.26 Å². The maximum absolute atomic E-state index is 8.76. The SMILES string of the molecule is CC1CN(CCC(C)(N)C#N)CCO1. The Kier molecular flexibility index (Phi) is 3.87. The topological polar surface area (TPSA) is 62.3 Å². The number of hydrogen-bond donors (Lipinski definition) is 1. The minimum absolute atomic E-state index is 0.301. The molecule has 0 aromatic heterocycles. The van der Waals surface area contributed by atoms with Crippen LogP contribution in [0.5, 0.6) is 0 Å². The van der Waals surface area contributed by atoms with Crippen LogP contribution in [0.2, 0.25) is 0 Å². The molecular formula is C10H19N3O. The molecular weight excluding hydrogens is 178 g/mol. The van der Waals surface area contributed by atoms with Crippen molar-refractivity contribution < 1.29 is 4.74 Å². The first-order chi connectivity index (χ1) is 6.53. The smallest absolute Gasteiger partial charge is 0.102 e. The molecule has 1 aliphatic rings. The molecule has 2 N–H and O–H groups in total. The van der Waals surface area contributed by atoms with Crippen LogP contribution in [0.4, 0.5) is 0 Å². The third-order valence-corrected chi connectivity index (χ3v) is 2.53. The Hall–Kier alpha value is -0.630. The highest BCUT2D eigenvalue weighted by Gasteiger charge is 2.21. The first kappa shape index (κ1) is 11.4. The second-order valence-corrected chi connectivity index (χ2v) is 4.26. The average Bonchev–Trinajstić information content (AvgIpc) is 2.15. The molecule has 0 aromatic carbocycles. The van der Waals surface area contributed by atoms with E-state index in [0.717, 1.165) is 32.7 Å². The quantitative estimate of drug-likeness (QED) is 0.708. The van der Waals surface area contributed by atoms with E-state index < -0.39 is 5.54 Å². The van der Waals surface area contributed by atoms with E-state index in [4.69, 9.17) is 15.7 Å². The Morgan fingerprint density at radius 2 is 2.43 bits per heavy atom. The van der Waals surface area contributed by atoms with Crippen molar-refractivity contribution in [3.63, 3.8) is 0 Å². The fourth-order valence-electron chi connectivity index (χ4n) is 1.54. The lowest BCUT2D eigenvalue weighted by molar-refractivity contribution is -0.0194. The van der Waals surface area contributed by atoms with Gasteiger partial charge in [-0.3, -0.25) is 4.90 Å². The van der Waals surface area contributed by atoms with Crippen molar-refractivity contribution in [3.05, 3.63) is 0 Å². The van der Waals surface area contributed by atoms with Crippen LogP contribution in [0.1, 0.15) is 20.3 Å².